The average molecular weight is 327 g/mol. The third kappa shape index (κ3) is 3.95. The number of amides is 1. The molecule has 2 aromatic rings. The van der Waals surface area contributed by atoms with Crippen molar-refractivity contribution in [3.8, 4) is 11.5 Å². The van der Waals surface area contributed by atoms with Crippen LogP contribution in [0.25, 0.3) is 0 Å². The number of nitrogens with one attached hydrogen (secondary N) is 2. The second-order valence-electron chi connectivity index (χ2n) is 5.58. The van der Waals surface area contributed by atoms with Crippen LogP contribution in [0.5, 0.6) is 11.5 Å². The van der Waals surface area contributed by atoms with E-state index in [1.165, 1.54) is 0 Å². The van der Waals surface area contributed by atoms with Crippen molar-refractivity contribution in [2.45, 2.75) is 26.3 Å². The molecule has 0 saturated carbocycles. The molecule has 0 bridgehead atoms. The SMILES string of the molecule is CCCCNC(=O)c1ccc(NCc2ccc3c(c2)OCO3)cn1. The molecule has 6 nitrogen and oxygen atoms in total. The lowest BCUT2D eigenvalue weighted by atomic mass is 10.2. The highest BCUT2D eigenvalue weighted by Gasteiger charge is 2.13. The minimum absolute atomic E-state index is 0.134. The molecular weight excluding hydrogens is 306 g/mol. The third-order valence-corrected chi connectivity index (χ3v) is 3.75. The van der Waals surface area contributed by atoms with Gasteiger partial charge in [0.25, 0.3) is 5.91 Å². The van der Waals surface area contributed by atoms with E-state index >= 15 is 0 Å². The first kappa shape index (κ1) is 16.1. The molecule has 1 aliphatic heterocycles. The Balaban J connectivity index is 1.53. The Morgan fingerprint density at radius 3 is 2.88 bits per heavy atom. The van der Waals surface area contributed by atoms with Crippen LogP contribution in [0.1, 0.15) is 35.8 Å². The molecule has 1 aromatic heterocycles. The number of benzene rings is 1. The fourth-order valence-electron chi connectivity index (χ4n) is 2.36. The van der Waals surface area contributed by atoms with E-state index in [1.54, 1.807) is 12.3 Å². The third-order valence-electron chi connectivity index (χ3n) is 3.75. The van der Waals surface area contributed by atoms with E-state index in [4.69, 9.17) is 9.47 Å². The van der Waals surface area contributed by atoms with E-state index in [0.717, 1.165) is 35.6 Å². The first-order chi connectivity index (χ1) is 11.8. The summed E-state index contributed by atoms with van der Waals surface area (Å²) in [6.07, 6.45) is 3.69. The van der Waals surface area contributed by atoms with Crippen LogP contribution < -0.4 is 20.1 Å². The Hall–Kier alpha value is -2.76. The van der Waals surface area contributed by atoms with E-state index < -0.39 is 0 Å². The van der Waals surface area contributed by atoms with Gasteiger partial charge < -0.3 is 20.1 Å². The molecule has 1 aromatic carbocycles. The number of unbranched alkanes of at least 4 members (excludes halogenated alkanes) is 1. The summed E-state index contributed by atoms with van der Waals surface area (Å²) in [5, 5.41) is 6.13. The summed E-state index contributed by atoms with van der Waals surface area (Å²) in [4.78, 5) is 16.1. The molecule has 0 fully saturated rings. The zero-order valence-electron chi connectivity index (χ0n) is 13.7. The lowest BCUT2D eigenvalue weighted by Crippen LogP contribution is -2.25. The number of hydrogen-bond acceptors (Lipinski definition) is 5. The van der Waals surface area contributed by atoms with Gasteiger partial charge in [0.2, 0.25) is 6.79 Å². The maximum Gasteiger partial charge on any atom is 0.269 e. The number of ether oxygens (including phenoxy) is 2. The first-order valence-corrected chi connectivity index (χ1v) is 8.13. The summed E-state index contributed by atoms with van der Waals surface area (Å²) in [5.41, 5.74) is 2.37. The Morgan fingerprint density at radius 2 is 2.08 bits per heavy atom. The molecule has 0 spiro atoms. The Kier molecular flexibility index (Phi) is 5.15. The van der Waals surface area contributed by atoms with Crippen molar-refractivity contribution in [3.05, 3.63) is 47.8 Å². The van der Waals surface area contributed by atoms with Crippen LogP contribution in [0.4, 0.5) is 5.69 Å². The van der Waals surface area contributed by atoms with Crippen LogP contribution in [0.3, 0.4) is 0 Å². The van der Waals surface area contributed by atoms with Crippen LogP contribution >= 0.6 is 0 Å². The van der Waals surface area contributed by atoms with Crippen LogP contribution in [0, 0.1) is 0 Å². The van der Waals surface area contributed by atoms with Gasteiger partial charge in [-0.2, -0.15) is 0 Å². The van der Waals surface area contributed by atoms with Gasteiger partial charge >= 0.3 is 0 Å². The molecule has 6 heteroatoms. The van der Waals surface area contributed by atoms with Gasteiger partial charge in [-0.15, -0.1) is 0 Å². The zero-order chi connectivity index (χ0) is 16.8. The van der Waals surface area contributed by atoms with Crippen molar-refractivity contribution < 1.29 is 14.3 Å². The van der Waals surface area contributed by atoms with Gasteiger partial charge in [-0.05, 0) is 36.2 Å². The van der Waals surface area contributed by atoms with Crippen molar-refractivity contribution >= 4 is 11.6 Å². The number of anilines is 1. The predicted octanol–water partition coefficient (Wildman–Crippen LogP) is 2.95. The van der Waals surface area contributed by atoms with Crippen molar-refractivity contribution in [2.75, 3.05) is 18.7 Å². The van der Waals surface area contributed by atoms with E-state index in [1.807, 2.05) is 24.3 Å². The molecule has 1 amide bonds. The topological polar surface area (TPSA) is 72.5 Å². The van der Waals surface area contributed by atoms with Crippen LogP contribution in [-0.4, -0.2) is 24.2 Å². The lowest BCUT2D eigenvalue weighted by Gasteiger charge is -2.08. The highest BCUT2D eigenvalue weighted by atomic mass is 16.7. The van der Waals surface area contributed by atoms with E-state index in [2.05, 4.69) is 22.5 Å². The fourth-order valence-corrected chi connectivity index (χ4v) is 2.36. The van der Waals surface area contributed by atoms with Crippen molar-refractivity contribution in [3.63, 3.8) is 0 Å². The van der Waals surface area contributed by atoms with Gasteiger partial charge in [0.1, 0.15) is 5.69 Å². The number of fused-ring (bicyclic) bond motifs is 1. The number of pyridine rings is 1. The van der Waals surface area contributed by atoms with Crippen molar-refractivity contribution in [1.82, 2.24) is 10.3 Å². The van der Waals surface area contributed by atoms with Gasteiger partial charge in [0.05, 0.1) is 11.9 Å². The van der Waals surface area contributed by atoms with Gasteiger partial charge in [0, 0.05) is 13.1 Å². The van der Waals surface area contributed by atoms with E-state index in [-0.39, 0.29) is 12.7 Å². The molecule has 0 radical (unpaired) electrons. The van der Waals surface area contributed by atoms with Gasteiger partial charge in [0.15, 0.2) is 11.5 Å². The molecular formula is C18H21N3O3. The Labute approximate surface area is 141 Å². The highest BCUT2D eigenvalue weighted by Crippen LogP contribution is 2.32. The van der Waals surface area contributed by atoms with E-state index in [9.17, 15) is 4.79 Å². The molecule has 2 heterocycles. The Morgan fingerprint density at radius 1 is 1.21 bits per heavy atom. The molecule has 1 aliphatic rings. The van der Waals surface area contributed by atoms with Crippen molar-refractivity contribution in [2.24, 2.45) is 0 Å². The summed E-state index contributed by atoms with van der Waals surface area (Å²) in [6.45, 7) is 3.68. The molecule has 3 rings (SSSR count). The molecule has 126 valence electrons. The summed E-state index contributed by atoms with van der Waals surface area (Å²) in [7, 11) is 0. The minimum Gasteiger partial charge on any atom is -0.454 e. The number of nitrogens with zero attached hydrogens (tertiary/aromatic N) is 1. The summed E-state index contributed by atoms with van der Waals surface area (Å²) >= 11 is 0. The summed E-state index contributed by atoms with van der Waals surface area (Å²) < 4.78 is 10.7. The highest BCUT2D eigenvalue weighted by molar-refractivity contribution is 5.92. The number of carbonyl (C=O) groups is 1. The number of aromatic nitrogens is 1. The number of hydrogen-bond donors (Lipinski definition) is 2. The van der Waals surface area contributed by atoms with Gasteiger partial charge in [-0.3, -0.25) is 4.79 Å². The van der Waals surface area contributed by atoms with Gasteiger partial charge in [-0.1, -0.05) is 19.4 Å². The van der Waals surface area contributed by atoms with Crippen LogP contribution in [0.2, 0.25) is 0 Å². The van der Waals surface area contributed by atoms with Crippen LogP contribution in [0.15, 0.2) is 36.5 Å². The monoisotopic (exact) mass is 327 g/mol. The van der Waals surface area contributed by atoms with E-state index in [0.29, 0.717) is 18.8 Å². The normalized spacial score (nSPS) is 12.0. The number of carbonyl (C=O) groups excluding carboxylic acids is 1. The lowest BCUT2D eigenvalue weighted by molar-refractivity contribution is 0.0948. The van der Waals surface area contributed by atoms with Crippen molar-refractivity contribution in [1.29, 1.82) is 0 Å². The first-order valence-electron chi connectivity index (χ1n) is 8.13. The summed E-state index contributed by atoms with van der Waals surface area (Å²) in [5.74, 6) is 1.41. The molecule has 0 aliphatic carbocycles. The maximum atomic E-state index is 11.9. The second kappa shape index (κ2) is 7.68. The standard InChI is InChI=1S/C18H21N3O3/c1-2-3-8-19-18(22)15-6-5-14(11-21-15)20-10-13-4-7-16-17(9-13)24-12-23-16/h4-7,9,11,20H,2-3,8,10,12H2,1H3,(H,19,22). The van der Waals surface area contributed by atoms with Crippen LogP contribution in [-0.2, 0) is 6.54 Å². The second-order valence-corrected chi connectivity index (χ2v) is 5.58. The quantitative estimate of drug-likeness (QED) is 0.765. The maximum absolute atomic E-state index is 11.9. The Bertz CT molecular complexity index is 701. The molecule has 0 unspecified atom stereocenters. The predicted molar refractivity (Wildman–Crippen MR) is 91.4 cm³/mol. The summed E-state index contributed by atoms with van der Waals surface area (Å²) in [6, 6.07) is 9.43. The van der Waals surface area contributed by atoms with Gasteiger partial charge in [-0.25, -0.2) is 4.98 Å². The number of rotatable bonds is 7. The molecule has 0 saturated heterocycles. The molecule has 2 N–H and O–H groups in total. The fraction of sp³-hybridized carbons (Fsp3) is 0.333. The minimum atomic E-state index is -0.134. The average Bonchev–Trinajstić information content (AvgIpc) is 3.08. The smallest absolute Gasteiger partial charge is 0.269 e. The molecule has 0 atom stereocenters. The zero-order valence-corrected chi connectivity index (χ0v) is 13.7. The molecule has 24 heavy (non-hydrogen) atoms. The largest absolute Gasteiger partial charge is 0.454 e.